The second-order valence-corrected chi connectivity index (χ2v) is 22.6. The number of aliphatic imine (C=N–C) groups is 3. The number of oxime groups is 1. The predicted octanol–water partition coefficient (Wildman–Crippen LogP) is 35.8. The standard InChI is InChI=1S/C4H9N.C4H8O.C4H8S.C3H6N2O.2C3H6N2.C3H5NO2.C3H5NOS.C3H7NO.2C3H5NO.2C3H5NS.C3H6O2.C3H6S2.30C2H6/c3*1-2-4-5-3-1;6-3-4-1-2-5-3;1-2-5-3-4-1;1-2-4-5-3-1;2*5-3-4-1-2-6-3;2*1-2-5-3-4-1;1-2-4-5-3-1;1-2-5-3-4-1;1-2-4-5-3-1;2*1-2-5-3-4-1;30*1-2/h5H,1-4H2;2*1-4H2;1-2H2,(H2,4,5,6);3H,1-2H2,(H,4,5);2,5H,1,3H2;2*1-2H2,(H,4,5);4H,1-3H2;3H,1-2H2;2H,1,3H2;3H,1-2H2;2H,1,3H2;2*1-3H2;30*1-2H3. The lowest BCUT2D eigenvalue weighted by atomic mass is 10.4. The lowest BCUT2D eigenvalue weighted by Crippen LogP contribution is -2.20. The number of carbonyl (C=O) groups is 3. The van der Waals surface area contributed by atoms with Crippen LogP contribution in [0.4, 0.5) is 14.4 Å². The third-order valence-electron chi connectivity index (χ3n) is 9.31. The lowest BCUT2D eigenvalue weighted by Gasteiger charge is -1.80. The van der Waals surface area contributed by atoms with Crippen LogP contribution in [-0.2, 0) is 33.3 Å². The number of urea groups is 1. The van der Waals surface area contributed by atoms with Gasteiger partial charge in [-0.25, -0.2) is 14.0 Å². The van der Waals surface area contributed by atoms with Crippen molar-refractivity contribution in [1.82, 2.24) is 42.6 Å². The van der Waals surface area contributed by atoms with Crippen LogP contribution in [0.2, 0.25) is 0 Å². The van der Waals surface area contributed by atoms with Gasteiger partial charge in [0, 0.05) is 124 Å². The number of nitrogens with zero attached hydrogens (tertiary/aromatic N) is 6. The van der Waals surface area contributed by atoms with Gasteiger partial charge in [0.05, 0.1) is 58.1 Å². The Morgan fingerprint density at radius 2 is 0.768 bits per heavy atom. The number of rotatable bonds is 0. The van der Waals surface area contributed by atoms with Crippen molar-refractivity contribution in [3.05, 3.63) is 0 Å². The summed E-state index contributed by atoms with van der Waals surface area (Å²) in [6, 6.07) is -0.0463. The van der Waals surface area contributed by atoms with Gasteiger partial charge in [0.2, 0.25) is 0 Å². The predicted molar refractivity (Wildman–Crippen MR) is 673 cm³/mol. The Morgan fingerprint density at radius 3 is 0.877 bits per heavy atom. The summed E-state index contributed by atoms with van der Waals surface area (Å²) in [5.74, 6) is 8.92. The van der Waals surface area contributed by atoms with Crippen LogP contribution in [-0.4, -0.2) is 245 Å². The number of hydrazone groups is 1. The third kappa shape index (κ3) is 381. The fraction of sp³-hybridized carbons (Fsp3) is 0.917. The Labute approximate surface area is 902 Å². The van der Waals surface area contributed by atoms with Crippen LogP contribution in [0, 0.1) is 0 Å². The van der Waals surface area contributed by atoms with Gasteiger partial charge in [-0.3, -0.25) is 25.1 Å². The first kappa shape index (κ1) is 220. The van der Waals surface area contributed by atoms with Crippen molar-refractivity contribution in [2.75, 3.05) is 190 Å². The number of alkyl carbamates (subject to hydrolysis) is 1. The molecule has 0 radical (unpaired) electrons. The largest absolute Gasteiger partial charge is 0.482 e. The fourth-order valence-electron chi connectivity index (χ4n) is 5.41. The molecule has 0 unspecified atom stereocenters. The highest BCUT2D eigenvalue weighted by Gasteiger charge is 2.07. The molecule has 0 aromatic carbocycles. The molecule has 15 aliphatic heterocycles. The van der Waals surface area contributed by atoms with Crippen molar-refractivity contribution in [1.29, 1.82) is 0 Å². The van der Waals surface area contributed by atoms with E-state index in [4.69, 9.17) is 18.9 Å². The number of ether oxygens (including phenoxy) is 6. The molecule has 0 aromatic heterocycles. The zero-order valence-electron chi connectivity index (χ0n) is 106. The van der Waals surface area contributed by atoms with Gasteiger partial charge in [-0.1, -0.05) is 432 Å². The maximum absolute atomic E-state index is 10.1. The minimum absolute atomic E-state index is 0.0463. The van der Waals surface area contributed by atoms with E-state index in [9.17, 15) is 14.4 Å². The van der Waals surface area contributed by atoms with Crippen LogP contribution in [0.3, 0.4) is 0 Å². The Bertz CT molecular complexity index is 1190. The van der Waals surface area contributed by atoms with Crippen LogP contribution in [0.25, 0.3) is 0 Å². The average Bonchev–Trinajstić information content (AvgIpc) is 1.91. The Hall–Kier alpha value is -2.91. The number of cyclic esters (lactones) is 1. The van der Waals surface area contributed by atoms with Crippen LogP contribution in [0.1, 0.15) is 473 Å². The van der Waals surface area contributed by atoms with Crippen molar-refractivity contribution in [3.63, 3.8) is 0 Å². The van der Waals surface area contributed by atoms with Crippen molar-refractivity contribution >= 4 is 125 Å². The molecule has 15 rings (SSSR count). The molecule has 15 heterocycles. The van der Waals surface area contributed by atoms with Gasteiger partial charge in [-0.05, 0) is 81.5 Å². The third-order valence-corrected chi connectivity index (χ3v) is 15.3. The minimum atomic E-state index is -0.296. The van der Waals surface area contributed by atoms with Gasteiger partial charge >= 0.3 is 12.1 Å². The summed E-state index contributed by atoms with van der Waals surface area (Å²) in [6.45, 7) is 139. The van der Waals surface area contributed by atoms with E-state index in [-0.39, 0.29) is 17.4 Å². The zero-order valence-corrected chi connectivity index (χ0v) is 111. The molecule has 30 heteroatoms. The molecule has 9 saturated heterocycles. The molecule has 0 spiro atoms. The number of hydrogen-bond donors (Lipinski definition) is 8. The number of hydrogen-bond acceptors (Lipinski definition) is 26. The van der Waals surface area contributed by atoms with Crippen LogP contribution in [0.5, 0.6) is 0 Å². The van der Waals surface area contributed by atoms with Crippen LogP contribution >= 0.6 is 70.8 Å². The SMILES string of the molecule is C1=NCCN1.C1=NCCO1.C1=NCCS1.C1=NNCC1.C1=NOCC1.C1=NSCC1.C1CCNC1.C1CCOC1.C1CCSC1.C1COCN1.C1COCO1.C1CSCS1.CC.CC.CC.CC.CC.CC.CC.CC.CC.CC.CC.CC.CC.CC.CC.CC.CC.CC.CC.CC.CC.CC.CC.CC.CC.CC.CC.CC.CC.CC.O=C1NCCN1.O=C1NCCO1.O=C1NCCS1. The quantitative estimate of drug-likeness (QED) is 0.105. The monoisotopic (exact) mass is 2120 g/mol. The fourth-order valence-corrected chi connectivity index (χ4v) is 10.4. The first-order chi connectivity index (χ1) is 68.7. The van der Waals surface area contributed by atoms with Gasteiger partial charge in [-0.2, -0.15) is 40.4 Å². The van der Waals surface area contributed by atoms with Crippen LogP contribution < -0.4 is 42.6 Å². The summed E-state index contributed by atoms with van der Waals surface area (Å²) in [7, 11) is 0. The molecular formula is C108H272N14O10S6. The first-order valence-corrected chi connectivity index (χ1v) is 63.3. The summed E-state index contributed by atoms with van der Waals surface area (Å²) in [6.07, 6.45) is 20.0. The molecule has 138 heavy (non-hydrogen) atoms. The summed E-state index contributed by atoms with van der Waals surface area (Å²) in [5, 5.41) is 28.0. The van der Waals surface area contributed by atoms with E-state index >= 15 is 0 Å². The number of carbonyl (C=O) groups excluding carboxylic acids is 3. The molecule has 24 nitrogen and oxygen atoms in total. The van der Waals surface area contributed by atoms with Gasteiger partial charge in [0.1, 0.15) is 26.6 Å². The van der Waals surface area contributed by atoms with Crippen LogP contribution in [0.15, 0.2) is 29.6 Å². The molecule has 0 aliphatic carbocycles. The summed E-state index contributed by atoms with van der Waals surface area (Å²) >= 11 is 10.9. The van der Waals surface area contributed by atoms with Crippen molar-refractivity contribution in [3.8, 4) is 0 Å². The molecular weight excluding hydrogens is 1850 g/mol. The first-order valence-electron chi connectivity index (χ1n) is 56.9. The van der Waals surface area contributed by atoms with E-state index in [0.29, 0.717) is 19.9 Å². The highest BCUT2D eigenvalue weighted by molar-refractivity contribution is 8.19. The lowest BCUT2D eigenvalue weighted by molar-refractivity contribution is 0.0692. The van der Waals surface area contributed by atoms with E-state index in [1.165, 1.54) is 116 Å². The Kier molecular flexibility index (Phi) is 621. The van der Waals surface area contributed by atoms with Gasteiger partial charge in [-0.15, -0.1) is 11.8 Å². The van der Waals surface area contributed by atoms with Gasteiger partial charge in [0.25, 0.3) is 5.24 Å². The van der Waals surface area contributed by atoms with Gasteiger partial charge in [0.15, 0.2) is 6.40 Å². The molecule has 0 bridgehead atoms. The van der Waals surface area contributed by atoms with E-state index in [1.54, 1.807) is 36.3 Å². The molecule has 0 saturated carbocycles. The summed E-state index contributed by atoms with van der Waals surface area (Å²) in [4.78, 5) is 46.0. The second kappa shape index (κ2) is 389. The topological polar surface area (TPSA) is 286 Å². The Morgan fingerprint density at radius 1 is 0.312 bits per heavy atom. The average molecular weight is 2120 g/mol. The zero-order chi connectivity index (χ0) is 116. The highest BCUT2D eigenvalue weighted by atomic mass is 32.2. The van der Waals surface area contributed by atoms with E-state index in [2.05, 4.69) is 98.3 Å². The number of amides is 4. The van der Waals surface area contributed by atoms with E-state index in [1.807, 2.05) is 457 Å². The number of thioether (sulfide) groups is 5. The van der Waals surface area contributed by atoms with Crippen molar-refractivity contribution in [2.45, 2.75) is 473 Å². The Balaban J connectivity index is -0.0000000312. The minimum Gasteiger partial charge on any atom is -0.482 e. The van der Waals surface area contributed by atoms with Crippen molar-refractivity contribution < 1.29 is 47.6 Å². The molecule has 8 N–H and O–H groups in total. The molecule has 0 atom stereocenters. The molecule has 870 valence electrons. The molecule has 4 amide bonds. The summed E-state index contributed by atoms with van der Waals surface area (Å²) < 4.78 is 32.2. The van der Waals surface area contributed by atoms with E-state index < -0.39 is 0 Å². The molecule has 15 aliphatic rings. The number of nitrogens with one attached hydrogen (secondary N) is 8. The smallest absolute Gasteiger partial charge is 0.407 e. The second-order valence-electron chi connectivity index (χ2n) is 15.9. The van der Waals surface area contributed by atoms with E-state index in [0.717, 1.165) is 130 Å². The van der Waals surface area contributed by atoms with Crippen molar-refractivity contribution in [2.24, 2.45) is 29.6 Å². The molecule has 0 aromatic rings. The van der Waals surface area contributed by atoms with Gasteiger partial charge < -0.3 is 70.6 Å². The normalized spacial score (nSPS) is 13.4. The summed E-state index contributed by atoms with van der Waals surface area (Å²) in [5.41, 5.74) is 4.69. The maximum atomic E-state index is 10.1. The molecule has 9 fully saturated rings. The highest BCUT2D eigenvalue weighted by Crippen LogP contribution is 2.20. The maximum Gasteiger partial charge on any atom is 0.407 e.